The number of aryl methyl sites for hydroxylation is 1. The molecule has 0 unspecified atom stereocenters. The summed E-state index contributed by atoms with van der Waals surface area (Å²) in [7, 11) is -3.84. The van der Waals surface area contributed by atoms with Crippen molar-refractivity contribution < 1.29 is 8.42 Å². The molecule has 0 saturated carbocycles. The predicted molar refractivity (Wildman–Crippen MR) is 76.1 cm³/mol. The number of anilines is 2. The van der Waals surface area contributed by atoms with Gasteiger partial charge in [-0.05, 0) is 47.1 Å². The van der Waals surface area contributed by atoms with Gasteiger partial charge in [-0.3, -0.25) is 4.72 Å². The standard InChI is InChI=1S/C11H11BrN4O2S/c1-7-8(12)4-5-10(15-7)16-19(17,18)11-9(13)3-2-6-14-11/h2-6H,13H2,1H3,(H,15,16). The first-order chi connectivity index (χ1) is 8.90. The lowest BCUT2D eigenvalue weighted by Crippen LogP contribution is -2.17. The maximum Gasteiger partial charge on any atom is 0.282 e. The molecule has 0 bridgehead atoms. The number of pyridine rings is 2. The monoisotopic (exact) mass is 342 g/mol. The fraction of sp³-hybridized carbons (Fsp3) is 0.0909. The van der Waals surface area contributed by atoms with E-state index in [4.69, 9.17) is 5.73 Å². The Morgan fingerprint density at radius 3 is 2.68 bits per heavy atom. The molecule has 2 heterocycles. The highest BCUT2D eigenvalue weighted by Crippen LogP contribution is 2.20. The molecule has 6 nitrogen and oxygen atoms in total. The highest BCUT2D eigenvalue weighted by molar-refractivity contribution is 9.10. The topological polar surface area (TPSA) is 98.0 Å². The number of nitrogens with two attached hydrogens (primary N) is 1. The second-order valence-electron chi connectivity index (χ2n) is 3.77. The Morgan fingerprint density at radius 2 is 2.05 bits per heavy atom. The summed E-state index contributed by atoms with van der Waals surface area (Å²) in [4.78, 5) is 7.88. The van der Waals surface area contributed by atoms with Gasteiger partial charge in [0.25, 0.3) is 10.0 Å². The molecule has 8 heteroatoms. The van der Waals surface area contributed by atoms with Gasteiger partial charge in [0.05, 0.1) is 11.4 Å². The van der Waals surface area contributed by atoms with Crippen molar-refractivity contribution in [3.8, 4) is 0 Å². The molecule has 19 heavy (non-hydrogen) atoms. The van der Waals surface area contributed by atoms with Gasteiger partial charge < -0.3 is 5.73 Å². The van der Waals surface area contributed by atoms with E-state index in [1.807, 2.05) is 0 Å². The lowest BCUT2D eigenvalue weighted by molar-refractivity contribution is 0.598. The van der Waals surface area contributed by atoms with Crippen molar-refractivity contribution in [2.45, 2.75) is 11.9 Å². The molecule has 0 aliphatic heterocycles. The minimum atomic E-state index is -3.84. The fourth-order valence-electron chi connectivity index (χ4n) is 1.41. The van der Waals surface area contributed by atoms with Crippen molar-refractivity contribution in [2.24, 2.45) is 0 Å². The third kappa shape index (κ3) is 3.02. The average molecular weight is 343 g/mol. The van der Waals surface area contributed by atoms with Crippen molar-refractivity contribution in [3.05, 3.63) is 40.6 Å². The number of rotatable bonds is 3. The molecule has 3 N–H and O–H groups in total. The van der Waals surface area contributed by atoms with E-state index in [9.17, 15) is 8.42 Å². The maximum atomic E-state index is 12.1. The zero-order chi connectivity index (χ0) is 14.0. The summed E-state index contributed by atoms with van der Waals surface area (Å²) >= 11 is 3.29. The normalized spacial score (nSPS) is 11.3. The van der Waals surface area contributed by atoms with Crippen LogP contribution in [0.25, 0.3) is 0 Å². The molecule has 0 radical (unpaired) electrons. The quantitative estimate of drug-likeness (QED) is 0.887. The Kier molecular flexibility index (Phi) is 3.72. The summed E-state index contributed by atoms with van der Waals surface area (Å²) in [5.74, 6) is 0.214. The van der Waals surface area contributed by atoms with Crippen LogP contribution in [0.15, 0.2) is 40.0 Å². The second-order valence-corrected chi connectivity index (χ2v) is 6.22. The van der Waals surface area contributed by atoms with Crippen LogP contribution in [-0.2, 0) is 10.0 Å². The summed E-state index contributed by atoms with van der Waals surface area (Å²) < 4.78 is 27.4. The van der Waals surface area contributed by atoms with E-state index >= 15 is 0 Å². The van der Waals surface area contributed by atoms with Crippen LogP contribution in [0, 0.1) is 6.92 Å². The van der Waals surface area contributed by atoms with Crippen LogP contribution < -0.4 is 10.5 Å². The van der Waals surface area contributed by atoms with Crippen LogP contribution in [0.2, 0.25) is 0 Å². The molecule has 0 saturated heterocycles. The predicted octanol–water partition coefficient (Wildman–Crippen LogP) is 1.93. The first-order valence-corrected chi connectivity index (χ1v) is 7.54. The molecule has 0 aliphatic rings. The van der Waals surface area contributed by atoms with Crippen molar-refractivity contribution >= 4 is 37.5 Å². The zero-order valence-corrected chi connectivity index (χ0v) is 12.4. The third-order valence-electron chi connectivity index (χ3n) is 2.32. The minimum Gasteiger partial charge on any atom is -0.396 e. The smallest absolute Gasteiger partial charge is 0.282 e. The van der Waals surface area contributed by atoms with Crippen molar-refractivity contribution in [1.82, 2.24) is 9.97 Å². The molecule has 100 valence electrons. The fourth-order valence-corrected chi connectivity index (χ4v) is 2.70. The van der Waals surface area contributed by atoms with E-state index < -0.39 is 10.0 Å². The molecule has 0 aliphatic carbocycles. The molecule has 0 aromatic carbocycles. The number of hydrogen-bond acceptors (Lipinski definition) is 5. The number of hydrogen-bond donors (Lipinski definition) is 2. The van der Waals surface area contributed by atoms with Crippen molar-refractivity contribution in [2.75, 3.05) is 10.5 Å². The lowest BCUT2D eigenvalue weighted by Gasteiger charge is -2.09. The largest absolute Gasteiger partial charge is 0.396 e. The number of nitrogens with one attached hydrogen (secondary N) is 1. The van der Waals surface area contributed by atoms with Crippen LogP contribution in [0.5, 0.6) is 0 Å². The van der Waals surface area contributed by atoms with E-state index in [-0.39, 0.29) is 16.5 Å². The summed E-state index contributed by atoms with van der Waals surface area (Å²) in [6.45, 7) is 1.76. The van der Waals surface area contributed by atoms with Gasteiger partial charge >= 0.3 is 0 Å². The first-order valence-electron chi connectivity index (χ1n) is 5.26. The number of halogens is 1. The van der Waals surface area contributed by atoms with E-state index in [0.29, 0.717) is 5.69 Å². The Morgan fingerprint density at radius 1 is 1.32 bits per heavy atom. The number of sulfonamides is 1. The third-order valence-corrected chi connectivity index (χ3v) is 4.48. The van der Waals surface area contributed by atoms with Gasteiger partial charge in [-0.1, -0.05) is 0 Å². The highest BCUT2D eigenvalue weighted by atomic mass is 79.9. The Labute approximate surface area is 119 Å². The molecular formula is C11H11BrN4O2S. The number of nitrogens with zero attached hydrogens (tertiary/aromatic N) is 2. The van der Waals surface area contributed by atoms with Gasteiger partial charge in [0.2, 0.25) is 0 Å². The van der Waals surface area contributed by atoms with Crippen LogP contribution in [-0.4, -0.2) is 18.4 Å². The summed E-state index contributed by atoms with van der Waals surface area (Å²) in [6.07, 6.45) is 1.37. The van der Waals surface area contributed by atoms with Crippen LogP contribution in [0.1, 0.15) is 5.69 Å². The van der Waals surface area contributed by atoms with E-state index in [0.717, 1.165) is 4.47 Å². The van der Waals surface area contributed by atoms with Crippen molar-refractivity contribution in [1.29, 1.82) is 0 Å². The Hall–Kier alpha value is -1.67. The highest BCUT2D eigenvalue weighted by Gasteiger charge is 2.19. The Bertz CT molecular complexity index is 718. The molecular weight excluding hydrogens is 332 g/mol. The molecule has 0 spiro atoms. The van der Waals surface area contributed by atoms with Crippen molar-refractivity contribution in [3.63, 3.8) is 0 Å². The van der Waals surface area contributed by atoms with E-state index in [1.165, 1.54) is 12.3 Å². The van der Waals surface area contributed by atoms with Gasteiger partial charge in [0.15, 0.2) is 5.03 Å². The van der Waals surface area contributed by atoms with Gasteiger partial charge in [-0.15, -0.1) is 0 Å². The number of nitrogen functional groups attached to an aromatic ring is 1. The van der Waals surface area contributed by atoms with Gasteiger partial charge in [-0.2, -0.15) is 8.42 Å². The molecule has 2 aromatic heterocycles. The second kappa shape index (κ2) is 5.14. The molecule has 0 atom stereocenters. The molecule has 0 amide bonds. The van der Waals surface area contributed by atoms with Gasteiger partial charge in [-0.25, -0.2) is 9.97 Å². The minimum absolute atomic E-state index is 0.0869. The lowest BCUT2D eigenvalue weighted by atomic mass is 10.4. The van der Waals surface area contributed by atoms with Crippen LogP contribution in [0.4, 0.5) is 11.5 Å². The summed E-state index contributed by atoms with van der Waals surface area (Å²) in [5.41, 5.74) is 6.37. The molecule has 2 rings (SSSR count). The summed E-state index contributed by atoms with van der Waals surface area (Å²) in [5, 5.41) is -0.211. The maximum absolute atomic E-state index is 12.1. The average Bonchev–Trinajstić information content (AvgIpc) is 2.34. The van der Waals surface area contributed by atoms with Crippen LogP contribution >= 0.6 is 15.9 Å². The zero-order valence-electron chi connectivity index (χ0n) is 9.96. The van der Waals surface area contributed by atoms with Gasteiger partial charge in [0.1, 0.15) is 5.82 Å². The Balaban J connectivity index is 2.37. The SMILES string of the molecule is Cc1nc(NS(=O)(=O)c2ncccc2N)ccc1Br. The van der Waals surface area contributed by atoms with Gasteiger partial charge in [0, 0.05) is 10.7 Å². The first kappa shape index (κ1) is 13.8. The van der Waals surface area contributed by atoms with E-state index in [1.54, 1.807) is 25.1 Å². The van der Waals surface area contributed by atoms with E-state index in [2.05, 4.69) is 30.6 Å². The molecule has 0 fully saturated rings. The summed E-state index contributed by atoms with van der Waals surface area (Å²) in [6, 6.07) is 6.30. The van der Waals surface area contributed by atoms with Crippen LogP contribution in [0.3, 0.4) is 0 Å². The molecule has 2 aromatic rings. The number of aromatic nitrogens is 2.